The molecule has 0 aliphatic heterocycles. The molecule has 1 fully saturated rings. The maximum atomic E-state index is 6.00. The van der Waals surface area contributed by atoms with Crippen LogP contribution in [-0.4, -0.2) is 53.0 Å². The summed E-state index contributed by atoms with van der Waals surface area (Å²) in [5, 5.41) is 6.81. The molecular formula is C22H38IN3O3. The zero-order chi connectivity index (χ0) is 20.2. The third kappa shape index (κ3) is 8.58. The maximum absolute atomic E-state index is 6.00. The molecule has 1 saturated carbocycles. The van der Waals surface area contributed by atoms with Crippen molar-refractivity contribution in [2.24, 2.45) is 10.9 Å². The van der Waals surface area contributed by atoms with Gasteiger partial charge in [0.05, 0.1) is 20.3 Å². The normalized spacial score (nSPS) is 15.5. The predicted molar refractivity (Wildman–Crippen MR) is 130 cm³/mol. The Morgan fingerprint density at radius 2 is 1.79 bits per heavy atom. The Morgan fingerprint density at radius 3 is 2.41 bits per heavy atom. The van der Waals surface area contributed by atoms with E-state index in [4.69, 9.17) is 14.2 Å². The zero-order valence-corrected chi connectivity index (χ0v) is 20.7. The minimum absolute atomic E-state index is 0. The monoisotopic (exact) mass is 519 g/mol. The lowest BCUT2D eigenvalue weighted by Gasteiger charge is -2.24. The van der Waals surface area contributed by atoms with Gasteiger partial charge >= 0.3 is 0 Å². The number of nitrogens with one attached hydrogen (secondary N) is 2. The van der Waals surface area contributed by atoms with Crippen LogP contribution < -0.4 is 20.1 Å². The Kier molecular flexibility index (Phi) is 13.1. The molecule has 1 atom stereocenters. The first-order chi connectivity index (χ1) is 13.7. The van der Waals surface area contributed by atoms with Crippen LogP contribution in [0.15, 0.2) is 23.2 Å². The second-order valence-electron chi connectivity index (χ2n) is 7.19. The molecule has 0 amide bonds. The Hall–Kier alpha value is -1.22. The number of guanidine groups is 1. The number of rotatable bonds is 11. The van der Waals surface area contributed by atoms with E-state index in [1.165, 1.54) is 31.2 Å². The van der Waals surface area contributed by atoms with Gasteiger partial charge in [0.25, 0.3) is 0 Å². The minimum Gasteiger partial charge on any atom is -0.493 e. The molecule has 0 bridgehead atoms. The average Bonchev–Trinajstić information content (AvgIpc) is 3.26. The largest absolute Gasteiger partial charge is 0.493 e. The molecule has 1 aliphatic carbocycles. The summed E-state index contributed by atoms with van der Waals surface area (Å²) in [6.45, 7) is 4.55. The van der Waals surface area contributed by atoms with Crippen LogP contribution in [0.25, 0.3) is 0 Å². The van der Waals surface area contributed by atoms with E-state index in [1.807, 2.05) is 19.2 Å². The Balaban J connectivity index is 0.00000420. The van der Waals surface area contributed by atoms with Crippen molar-refractivity contribution >= 4 is 29.9 Å². The molecule has 0 spiro atoms. The summed E-state index contributed by atoms with van der Waals surface area (Å²) in [5.41, 5.74) is 1.19. The van der Waals surface area contributed by atoms with Gasteiger partial charge in [-0.2, -0.15) is 0 Å². The zero-order valence-electron chi connectivity index (χ0n) is 18.3. The first kappa shape index (κ1) is 25.8. The van der Waals surface area contributed by atoms with Crippen molar-refractivity contribution in [3.8, 4) is 11.5 Å². The third-order valence-corrected chi connectivity index (χ3v) is 5.41. The van der Waals surface area contributed by atoms with Gasteiger partial charge in [0.1, 0.15) is 0 Å². The first-order valence-electron chi connectivity index (χ1n) is 10.5. The fourth-order valence-corrected chi connectivity index (χ4v) is 3.91. The third-order valence-electron chi connectivity index (χ3n) is 5.41. The molecule has 29 heavy (non-hydrogen) atoms. The van der Waals surface area contributed by atoms with Gasteiger partial charge in [0.15, 0.2) is 17.5 Å². The molecule has 0 radical (unpaired) electrons. The van der Waals surface area contributed by atoms with E-state index < -0.39 is 0 Å². The van der Waals surface area contributed by atoms with Gasteiger partial charge in [-0.1, -0.05) is 18.9 Å². The van der Waals surface area contributed by atoms with Crippen LogP contribution in [-0.2, 0) is 11.2 Å². The van der Waals surface area contributed by atoms with E-state index >= 15 is 0 Å². The lowest BCUT2D eigenvalue weighted by molar-refractivity contribution is 0.0169. The SMILES string of the molecule is CCOC(CCNC(=NC)NCCc1ccc(OC)c(OC)c1)C1CCCC1.I. The molecule has 1 aromatic carbocycles. The van der Waals surface area contributed by atoms with Crippen LogP contribution in [0.2, 0.25) is 0 Å². The van der Waals surface area contributed by atoms with Crippen LogP contribution in [0.1, 0.15) is 44.6 Å². The molecule has 0 aromatic heterocycles. The smallest absolute Gasteiger partial charge is 0.190 e. The maximum Gasteiger partial charge on any atom is 0.190 e. The molecule has 7 heteroatoms. The first-order valence-corrected chi connectivity index (χ1v) is 10.5. The standard InChI is InChI=1S/C22H37N3O3.HI/c1-5-28-19(18-8-6-7-9-18)13-15-25-22(23-2)24-14-12-17-10-11-20(26-3)21(16-17)27-4;/h10-11,16,18-19H,5-9,12-15H2,1-4H3,(H2,23,24,25);1H. The molecule has 0 heterocycles. The van der Waals surface area contributed by atoms with Crippen LogP contribution in [0, 0.1) is 5.92 Å². The van der Waals surface area contributed by atoms with E-state index in [0.29, 0.717) is 6.10 Å². The van der Waals surface area contributed by atoms with Crippen LogP contribution in [0.4, 0.5) is 0 Å². The molecular weight excluding hydrogens is 481 g/mol. The summed E-state index contributed by atoms with van der Waals surface area (Å²) < 4.78 is 16.7. The number of nitrogens with zero attached hydrogens (tertiary/aromatic N) is 1. The number of halogens is 1. The molecule has 0 saturated heterocycles. The van der Waals surface area contributed by atoms with E-state index in [-0.39, 0.29) is 24.0 Å². The summed E-state index contributed by atoms with van der Waals surface area (Å²) in [5.74, 6) is 3.07. The van der Waals surface area contributed by atoms with Crippen molar-refractivity contribution in [1.82, 2.24) is 10.6 Å². The van der Waals surface area contributed by atoms with Crippen molar-refractivity contribution in [3.63, 3.8) is 0 Å². The van der Waals surface area contributed by atoms with Gasteiger partial charge < -0.3 is 24.8 Å². The van der Waals surface area contributed by atoms with E-state index in [1.54, 1.807) is 14.2 Å². The highest BCUT2D eigenvalue weighted by Crippen LogP contribution is 2.30. The average molecular weight is 519 g/mol. The van der Waals surface area contributed by atoms with Crippen molar-refractivity contribution < 1.29 is 14.2 Å². The Morgan fingerprint density at radius 1 is 1.10 bits per heavy atom. The highest BCUT2D eigenvalue weighted by Gasteiger charge is 2.25. The number of ether oxygens (including phenoxy) is 3. The number of methoxy groups -OCH3 is 2. The van der Waals surface area contributed by atoms with Gasteiger partial charge in [-0.15, -0.1) is 24.0 Å². The summed E-state index contributed by atoms with van der Waals surface area (Å²) in [7, 11) is 5.12. The van der Waals surface area contributed by atoms with E-state index in [0.717, 1.165) is 55.9 Å². The molecule has 166 valence electrons. The van der Waals surface area contributed by atoms with Gasteiger partial charge in [-0.05, 0) is 56.2 Å². The van der Waals surface area contributed by atoms with Crippen molar-refractivity contribution in [2.45, 2.75) is 51.6 Å². The quantitative estimate of drug-likeness (QED) is 0.263. The summed E-state index contributed by atoms with van der Waals surface area (Å²) in [6, 6.07) is 6.02. The Labute approximate surface area is 193 Å². The molecule has 1 aromatic rings. The fraction of sp³-hybridized carbons (Fsp3) is 0.682. The van der Waals surface area contributed by atoms with Crippen molar-refractivity contribution in [2.75, 3.05) is 41.0 Å². The topological polar surface area (TPSA) is 64.1 Å². The molecule has 6 nitrogen and oxygen atoms in total. The van der Waals surface area contributed by atoms with Gasteiger partial charge in [0, 0.05) is 26.7 Å². The number of hydrogen-bond acceptors (Lipinski definition) is 4. The summed E-state index contributed by atoms with van der Waals surface area (Å²) in [6.07, 6.45) is 7.58. The van der Waals surface area contributed by atoms with Crippen molar-refractivity contribution in [3.05, 3.63) is 23.8 Å². The number of aliphatic imine (C=N–C) groups is 1. The van der Waals surface area contributed by atoms with Crippen molar-refractivity contribution in [1.29, 1.82) is 0 Å². The minimum atomic E-state index is 0. The summed E-state index contributed by atoms with van der Waals surface area (Å²) >= 11 is 0. The van der Waals surface area contributed by atoms with E-state index in [2.05, 4.69) is 28.6 Å². The highest BCUT2D eigenvalue weighted by atomic mass is 127. The van der Waals surface area contributed by atoms with Crippen LogP contribution in [0.3, 0.4) is 0 Å². The molecule has 2 rings (SSSR count). The highest BCUT2D eigenvalue weighted by molar-refractivity contribution is 14.0. The number of benzene rings is 1. The van der Waals surface area contributed by atoms with Gasteiger partial charge in [-0.3, -0.25) is 4.99 Å². The van der Waals surface area contributed by atoms with Gasteiger partial charge in [0.2, 0.25) is 0 Å². The number of hydrogen-bond donors (Lipinski definition) is 2. The lowest BCUT2D eigenvalue weighted by Crippen LogP contribution is -2.40. The Bertz CT molecular complexity index is 607. The lowest BCUT2D eigenvalue weighted by atomic mass is 9.98. The second-order valence-corrected chi connectivity index (χ2v) is 7.19. The van der Waals surface area contributed by atoms with Crippen LogP contribution in [0.5, 0.6) is 11.5 Å². The second kappa shape index (κ2) is 14.7. The fourth-order valence-electron chi connectivity index (χ4n) is 3.91. The summed E-state index contributed by atoms with van der Waals surface area (Å²) in [4.78, 5) is 4.33. The van der Waals surface area contributed by atoms with Gasteiger partial charge in [-0.25, -0.2) is 0 Å². The molecule has 1 unspecified atom stereocenters. The molecule has 2 N–H and O–H groups in total. The van der Waals surface area contributed by atoms with Crippen LogP contribution >= 0.6 is 24.0 Å². The predicted octanol–water partition coefficient (Wildman–Crippen LogP) is 4.01. The van der Waals surface area contributed by atoms with E-state index in [9.17, 15) is 0 Å². The molecule has 1 aliphatic rings.